The van der Waals surface area contributed by atoms with E-state index < -0.39 is 0 Å². The van der Waals surface area contributed by atoms with E-state index in [2.05, 4.69) is 24.1 Å². The van der Waals surface area contributed by atoms with E-state index >= 15 is 0 Å². The highest BCUT2D eigenvalue weighted by molar-refractivity contribution is 5.97. The fourth-order valence-electron chi connectivity index (χ4n) is 4.19. The zero-order chi connectivity index (χ0) is 15.6. The summed E-state index contributed by atoms with van der Waals surface area (Å²) in [5.74, 6) is 1.81. The summed E-state index contributed by atoms with van der Waals surface area (Å²) in [5.41, 5.74) is 0.994. The van der Waals surface area contributed by atoms with Gasteiger partial charge in [-0.1, -0.05) is 50.1 Å². The second-order valence-corrected chi connectivity index (χ2v) is 7.50. The van der Waals surface area contributed by atoms with E-state index in [1.807, 2.05) is 30.3 Å². The fraction of sp³-hybridized carbons (Fsp3) is 0.632. The van der Waals surface area contributed by atoms with Crippen LogP contribution in [0.4, 0.5) is 0 Å². The van der Waals surface area contributed by atoms with Gasteiger partial charge in [0, 0.05) is 24.3 Å². The molecule has 0 aromatic heterocycles. The van der Waals surface area contributed by atoms with Gasteiger partial charge >= 0.3 is 0 Å². The highest BCUT2D eigenvalue weighted by Crippen LogP contribution is 2.37. The van der Waals surface area contributed by atoms with Crippen molar-refractivity contribution in [3.05, 3.63) is 35.9 Å². The van der Waals surface area contributed by atoms with Crippen LogP contribution in [0.2, 0.25) is 0 Å². The Morgan fingerprint density at radius 2 is 2.09 bits per heavy atom. The van der Waals surface area contributed by atoms with Crippen LogP contribution in [-0.2, 0) is 0 Å². The molecule has 3 nitrogen and oxygen atoms in total. The van der Waals surface area contributed by atoms with Crippen molar-refractivity contribution in [1.29, 1.82) is 0 Å². The van der Waals surface area contributed by atoms with Gasteiger partial charge in [0.05, 0.1) is 6.54 Å². The number of benzene rings is 1. The summed E-state index contributed by atoms with van der Waals surface area (Å²) in [5, 5.41) is 3.70. The Kier molecular flexibility index (Phi) is 4.65. The summed E-state index contributed by atoms with van der Waals surface area (Å²) in [7, 11) is 0. The van der Waals surface area contributed by atoms with Gasteiger partial charge in [-0.2, -0.15) is 0 Å². The van der Waals surface area contributed by atoms with Gasteiger partial charge in [-0.3, -0.25) is 15.0 Å². The predicted octanol–water partition coefficient (Wildman–Crippen LogP) is 3.32. The first kappa shape index (κ1) is 15.7. The lowest BCUT2D eigenvalue weighted by atomic mass is 9.72. The van der Waals surface area contributed by atoms with Crippen molar-refractivity contribution in [3.63, 3.8) is 0 Å². The van der Waals surface area contributed by atoms with Crippen LogP contribution in [0.25, 0.3) is 0 Å². The van der Waals surface area contributed by atoms with Crippen molar-refractivity contribution < 1.29 is 4.79 Å². The summed E-state index contributed by atoms with van der Waals surface area (Å²) < 4.78 is 0. The maximum absolute atomic E-state index is 12.4. The van der Waals surface area contributed by atoms with Gasteiger partial charge in [0.1, 0.15) is 0 Å². The Bertz CT molecular complexity index is 515. The van der Waals surface area contributed by atoms with Crippen molar-refractivity contribution in [2.75, 3.05) is 19.8 Å². The van der Waals surface area contributed by atoms with Crippen molar-refractivity contribution in [1.82, 2.24) is 10.2 Å². The molecule has 2 fully saturated rings. The van der Waals surface area contributed by atoms with Crippen LogP contribution in [0.15, 0.2) is 30.3 Å². The van der Waals surface area contributed by atoms with E-state index in [-0.39, 0.29) is 11.3 Å². The van der Waals surface area contributed by atoms with Crippen LogP contribution in [0.3, 0.4) is 0 Å². The van der Waals surface area contributed by atoms with Crippen molar-refractivity contribution in [2.24, 2.45) is 11.8 Å². The third-order valence-electron chi connectivity index (χ3n) is 5.56. The first-order chi connectivity index (χ1) is 10.6. The number of hydrogen-bond acceptors (Lipinski definition) is 3. The fourth-order valence-corrected chi connectivity index (χ4v) is 4.19. The van der Waals surface area contributed by atoms with E-state index in [4.69, 9.17) is 0 Å². The molecule has 1 N–H and O–H groups in total. The van der Waals surface area contributed by atoms with E-state index in [9.17, 15) is 4.79 Å². The summed E-state index contributed by atoms with van der Waals surface area (Å²) in [6.45, 7) is 7.07. The molecule has 0 bridgehead atoms. The molecular formula is C19H28N2O. The number of Topliss-reactive ketones (excluding diaryl/α,β-unsaturated/α-hetero) is 1. The van der Waals surface area contributed by atoms with Crippen LogP contribution in [0.5, 0.6) is 0 Å². The molecular weight excluding hydrogens is 272 g/mol. The second kappa shape index (κ2) is 6.51. The molecule has 1 aliphatic carbocycles. The first-order valence-corrected chi connectivity index (χ1v) is 8.62. The average Bonchev–Trinajstić information content (AvgIpc) is 2.91. The van der Waals surface area contributed by atoms with E-state index in [0.29, 0.717) is 6.54 Å². The first-order valence-electron chi connectivity index (χ1n) is 8.62. The molecule has 2 aliphatic rings. The molecule has 1 saturated carbocycles. The number of hydrogen-bond donors (Lipinski definition) is 1. The van der Waals surface area contributed by atoms with Crippen LogP contribution < -0.4 is 5.32 Å². The lowest BCUT2D eigenvalue weighted by molar-refractivity contribution is 0.0936. The van der Waals surface area contributed by atoms with Crippen molar-refractivity contribution in [3.8, 4) is 0 Å². The largest absolute Gasteiger partial charge is 0.297 e. The van der Waals surface area contributed by atoms with Gasteiger partial charge in [0.2, 0.25) is 0 Å². The lowest BCUT2D eigenvalue weighted by Crippen LogP contribution is -2.48. The minimum atomic E-state index is 0.172. The molecule has 1 aromatic rings. The molecule has 22 heavy (non-hydrogen) atoms. The number of rotatable bonds is 4. The molecule has 3 unspecified atom stereocenters. The topological polar surface area (TPSA) is 32.3 Å². The Labute approximate surface area is 134 Å². The smallest absolute Gasteiger partial charge is 0.176 e. The summed E-state index contributed by atoms with van der Waals surface area (Å²) in [4.78, 5) is 14.6. The Balaban J connectivity index is 1.58. The highest BCUT2D eigenvalue weighted by atomic mass is 16.1. The highest BCUT2D eigenvalue weighted by Gasteiger charge is 2.41. The normalized spacial score (nSPS) is 33.0. The maximum atomic E-state index is 12.4. The predicted molar refractivity (Wildman–Crippen MR) is 89.9 cm³/mol. The van der Waals surface area contributed by atoms with Crippen molar-refractivity contribution in [2.45, 2.75) is 45.1 Å². The molecule has 120 valence electrons. The average molecular weight is 300 g/mol. The standard InChI is InChI=1S/C19H28N2O/c1-15-7-6-10-17(11-15)19(2)13-21(14-20-19)12-18(22)16-8-4-3-5-9-16/h3-5,8-9,15,17,20H,6-7,10-14H2,1-2H3. The molecule has 0 radical (unpaired) electrons. The van der Waals surface area contributed by atoms with E-state index in [0.717, 1.165) is 30.6 Å². The SMILES string of the molecule is CC1CCCC(C2(C)CN(CC(=O)c3ccccc3)CN2)C1. The molecule has 1 heterocycles. The quantitative estimate of drug-likeness (QED) is 0.866. The number of nitrogens with zero attached hydrogens (tertiary/aromatic N) is 1. The molecule has 3 rings (SSSR count). The maximum Gasteiger partial charge on any atom is 0.176 e. The molecule has 1 aromatic carbocycles. The number of nitrogens with one attached hydrogen (secondary N) is 1. The molecule has 3 heteroatoms. The monoisotopic (exact) mass is 300 g/mol. The molecule has 1 saturated heterocycles. The second-order valence-electron chi connectivity index (χ2n) is 7.50. The number of carbonyl (C=O) groups excluding carboxylic acids is 1. The van der Waals surface area contributed by atoms with Crippen LogP contribution >= 0.6 is 0 Å². The van der Waals surface area contributed by atoms with Crippen molar-refractivity contribution >= 4 is 5.78 Å². The molecule has 0 amide bonds. The van der Waals surface area contributed by atoms with Crippen LogP contribution in [0, 0.1) is 11.8 Å². The minimum Gasteiger partial charge on any atom is -0.297 e. The molecule has 3 atom stereocenters. The number of carbonyl (C=O) groups is 1. The van der Waals surface area contributed by atoms with Crippen LogP contribution in [-0.4, -0.2) is 36.0 Å². The van der Waals surface area contributed by atoms with Gasteiger partial charge in [0.15, 0.2) is 5.78 Å². The zero-order valence-electron chi connectivity index (χ0n) is 13.8. The molecule has 1 aliphatic heterocycles. The Morgan fingerprint density at radius 3 is 2.82 bits per heavy atom. The van der Waals surface area contributed by atoms with Gasteiger partial charge in [-0.05, 0) is 31.6 Å². The van der Waals surface area contributed by atoms with E-state index in [1.165, 1.54) is 25.7 Å². The van der Waals surface area contributed by atoms with Gasteiger partial charge in [-0.25, -0.2) is 0 Å². The summed E-state index contributed by atoms with van der Waals surface area (Å²) in [6, 6.07) is 9.64. The third kappa shape index (κ3) is 3.41. The van der Waals surface area contributed by atoms with Crippen LogP contribution in [0.1, 0.15) is 49.9 Å². The van der Waals surface area contributed by atoms with Gasteiger partial charge < -0.3 is 0 Å². The lowest BCUT2D eigenvalue weighted by Gasteiger charge is -2.39. The Morgan fingerprint density at radius 1 is 1.32 bits per heavy atom. The minimum absolute atomic E-state index is 0.172. The molecule has 0 spiro atoms. The number of ketones is 1. The van der Waals surface area contributed by atoms with Gasteiger partial charge in [-0.15, -0.1) is 0 Å². The van der Waals surface area contributed by atoms with E-state index in [1.54, 1.807) is 0 Å². The Hall–Kier alpha value is -1.19. The third-order valence-corrected chi connectivity index (χ3v) is 5.56. The summed E-state index contributed by atoms with van der Waals surface area (Å²) in [6.07, 6.45) is 5.38. The van der Waals surface area contributed by atoms with Gasteiger partial charge in [0.25, 0.3) is 0 Å². The summed E-state index contributed by atoms with van der Waals surface area (Å²) >= 11 is 0. The zero-order valence-corrected chi connectivity index (χ0v) is 13.8.